The first-order valence-electron chi connectivity index (χ1n) is 9.90. The Hall–Kier alpha value is -3.14. The third kappa shape index (κ3) is 2.85. The number of benzene rings is 2. The first-order chi connectivity index (χ1) is 13.7. The molecule has 0 bridgehead atoms. The molecule has 1 atom stereocenters. The number of nitrogens with zero attached hydrogens (tertiary/aromatic N) is 3. The molecule has 0 saturated heterocycles. The molecule has 1 unspecified atom stereocenters. The van der Waals surface area contributed by atoms with Crippen molar-refractivity contribution in [2.24, 2.45) is 0 Å². The van der Waals surface area contributed by atoms with Gasteiger partial charge in [0.15, 0.2) is 0 Å². The summed E-state index contributed by atoms with van der Waals surface area (Å²) in [6.07, 6.45) is 3.66. The molecular weight excluding hydrogens is 346 g/mol. The van der Waals surface area contributed by atoms with Gasteiger partial charge in [0.25, 0.3) is 5.91 Å². The van der Waals surface area contributed by atoms with Crippen LogP contribution in [0.15, 0.2) is 66.9 Å². The molecule has 4 nitrogen and oxygen atoms in total. The fourth-order valence-electron chi connectivity index (χ4n) is 4.42. The van der Waals surface area contributed by atoms with E-state index in [0.717, 1.165) is 25.2 Å². The zero-order valence-electron chi connectivity index (χ0n) is 16.0. The van der Waals surface area contributed by atoms with Crippen LogP contribution in [0.5, 0.6) is 0 Å². The Balaban J connectivity index is 1.37. The predicted octanol–water partition coefficient (Wildman–Crippen LogP) is 4.36. The van der Waals surface area contributed by atoms with Crippen molar-refractivity contribution in [2.75, 3.05) is 11.4 Å². The van der Waals surface area contributed by atoms with Crippen molar-refractivity contribution in [3.63, 3.8) is 0 Å². The number of carbonyl (C=O) groups is 1. The summed E-state index contributed by atoms with van der Waals surface area (Å²) in [7, 11) is 0. The molecule has 0 aliphatic carbocycles. The molecule has 2 aromatic carbocycles. The van der Waals surface area contributed by atoms with Crippen LogP contribution in [-0.2, 0) is 19.4 Å². The van der Waals surface area contributed by atoms with E-state index < -0.39 is 0 Å². The van der Waals surface area contributed by atoms with Crippen molar-refractivity contribution < 1.29 is 4.79 Å². The summed E-state index contributed by atoms with van der Waals surface area (Å²) in [6, 6.07) is 21.1. The Kier molecular flexibility index (Phi) is 4.12. The van der Waals surface area contributed by atoms with E-state index in [2.05, 4.69) is 59.3 Å². The minimum Gasteiger partial charge on any atom is -0.334 e. The van der Waals surface area contributed by atoms with E-state index in [1.165, 1.54) is 22.4 Å². The van der Waals surface area contributed by atoms with Crippen molar-refractivity contribution in [1.29, 1.82) is 0 Å². The molecule has 0 fully saturated rings. The van der Waals surface area contributed by atoms with Crippen LogP contribution in [0.3, 0.4) is 0 Å². The minimum absolute atomic E-state index is 0.0587. The van der Waals surface area contributed by atoms with Gasteiger partial charge in [0.05, 0.1) is 5.56 Å². The maximum atomic E-state index is 13.0. The van der Waals surface area contributed by atoms with E-state index in [4.69, 9.17) is 0 Å². The first-order valence-corrected chi connectivity index (χ1v) is 9.90. The highest BCUT2D eigenvalue weighted by molar-refractivity contribution is 5.94. The molecule has 0 spiro atoms. The van der Waals surface area contributed by atoms with Crippen molar-refractivity contribution in [1.82, 2.24) is 9.88 Å². The summed E-state index contributed by atoms with van der Waals surface area (Å²) in [5.41, 5.74) is 5.82. The lowest BCUT2D eigenvalue weighted by molar-refractivity contribution is 0.0734. The van der Waals surface area contributed by atoms with Gasteiger partial charge in [-0.2, -0.15) is 0 Å². The Morgan fingerprint density at radius 1 is 0.964 bits per heavy atom. The molecule has 3 aromatic rings. The van der Waals surface area contributed by atoms with Gasteiger partial charge < -0.3 is 9.80 Å². The number of pyridine rings is 1. The number of rotatable bonds is 2. The summed E-state index contributed by atoms with van der Waals surface area (Å²) >= 11 is 0. The average Bonchev–Trinajstić information content (AvgIpc) is 3.08. The van der Waals surface area contributed by atoms with Gasteiger partial charge in [0.1, 0.15) is 5.82 Å². The number of carbonyl (C=O) groups excluding carboxylic acids is 1. The number of hydrogen-bond acceptors (Lipinski definition) is 3. The second-order valence-corrected chi connectivity index (χ2v) is 7.70. The van der Waals surface area contributed by atoms with Crippen LogP contribution < -0.4 is 4.90 Å². The van der Waals surface area contributed by atoms with E-state index in [-0.39, 0.29) is 5.91 Å². The molecule has 0 radical (unpaired) electrons. The molecule has 5 rings (SSSR count). The smallest absolute Gasteiger partial charge is 0.255 e. The van der Waals surface area contributed by atoms with Gasteiger partial charge in [0.2, 0.25) is 0 Å². The molecule has 4 heteroatoms. The molecule has 140 valence electrons. The molecule has 28 heavy (non-hydrogen) atoms. The van der Waals surface area contributed by atoms with Crippen LogP contribution in [-0.4, -0.2) is 28.4 Å². The lowest BCUT2D eigenvalue weighted by Crippen LogP contribution is -2.36. The second kappa shape index (κ2) is 6.79. The zero-order chi connectivity index (χ0) is 19.1. The van der Waals surface area contributed by atoms with Crippen molar-refractivity contribution in [2.45, 2.75) is 32.4 Å². The van der Waals surface area contributed by atoms with Crippen LogP contribution in [0, 0.1) is 0 Å². The molecule has 2 aliphatic rings. The maximum Gasteiger partial charge on any atom is 0.255 e. The summed E-state index contributed by atoms with van der Waals surface area (Å²) in [4.78, 5) is 21.8. The summed E-state index contributed by atoms with van der Waals surface area (Å²) < 4.78 is 0. The average molecular weight is 369 g/mol. The lowest BCUT2D eigenvalue weighted by Gasteiger charge is -2.29. The van der Waals surface area contributed by atoms with Gasteiger partial charge in [-0.1, -0.05) is 42.5 Å². The molecule has 3 heterocycles. The molecule has 0 N–H and O–H groups in total. The number of fused-ring (bicyclic) bond motifs is 2. The Morgan fingerprint density at radius 3 is 2.50 bits per heavy atom. The Labute approximate surface area is 165 Å². The van der Waals surface area contributed by atoms with E-state index in [9.17, 15) is 4.79 Å². The number of anilines is 2. The SMILES string of the molecule is CC1Cc2ccccc2N1c1ccc(C(=O)N2CCc3ccccc3C2)cn1. The standard InChI is InChI=1S/C24H23N3O/c1-17-14-19-7-4-5-9-22(19)27(17)23-11-10-20(15-25-23)24(28)26-13-12-18-6-2-3-8-21(18)16-26/h2-11,15,17H,12-14,16H2,1H3. The number of para-hydroxylation sites is 1. The Bertz CT molecular complexity index is 1030. The van der Waals surface area contributed by atoms with Crippen molar-refractivity contribution >= 4 is 17.4 Å². The first kappa shape index (κ1) is 17.0. The molecule has 0 saturated carbocycles. The largest absolute Gasteiger partial charge is 0.334 e. The molecule has 1 amide bonds. The number of hydrogen-bond donors (Lipinski definition) is 0. The third-order valence-electron chi connectivity index (χ3n) is 5.87. The monoisotopic (exact) mass is 369 g/mol. The van der Waals surface area contributed by atoms with E-state index in [1.54, 1.807) is 6.20 Å². The van der Waals surface area contributed by atoms with E-state index in [0.29, 0.717) is 18.2 Å². The third-order valence-corrected chi connectivity index (χ3v) is 5.87. The number of amides is 1. The normalized spacial score (nSPS) is 18.0. The highest BCUT2D eigenvalue weighted by atomic mass is 16.2. The van der Waals surface area contributed by atoms with Crippen molar-refractivity contribution in [3.05, 3.63) is 89.1 Å². The fourth-order valence-corrected chi connectivity index (χ4v) is 4.42. The molecular formula is C24H23N3O. The van der Waals surface area contributed by atoms with Gasteiger partial charge >= 0.3 is 0 Å². The summed E-state index contributed by atoms with van der Waals surface area (Å²) in [5.74, 6) is 0.960. The van der Waals surface area contributed by atoms with Crippen LogP contribution in [0.4, 0.5) is 11.5 Å². The van der Waals surface area contributed by atoms with E-state index in [1.807, 2.05) is 23.1 Å². The van der Waals surface area contributed by atoms with Gasteiger partial charge in [0, 0.05) is 31.0 Å². The van der Waals surface area contributed by atoms with Gasteiger partial charge in [-0.25, -0.2) is 4.98 Å². The van der Waals surface area contributed by atoms with E-state index >= 15 is 0 Å². The van der Waals surface area contributed by atoms with Crippen LogP contribution >= 0.6 is 0 Å². The van der Waals surface area contributed by atoms with Gasteiger partial charge in [-0.05, 0) is 54.7 Å². The van der Waals surface area contributed by atoms with Crippen LogP contribution in [0.2, 0.25) is 0 Å². The summed E-state index contributed by atoms with van der Waals surface area (Å²) in [6.45, 7) is 3.65. The second-order valence-electron chi connectivity index (χ2n) is 7.70. The molecule has 1 aromatic heterocycles. The quantitative estimate of drug-likeness (QED) is 0.673. The highest BCUT2D eigenvalue weighted by Crippen LogP contribution is 2.37. The summed E-state index contributed by atoms with van der Waals surface area (Å²) in [5, 5.41) is 0. The fraction of sp³-hybridized carbons (Fsp3) is 0.250. The minimum atomic E-state index is 0.0587. The topological polar surface area (TPSA) is 36.4 Å². The van der Waals surface area contributed by atoms with Crippen molar-refractivity contribution in [3.8, 4) is 0 Å². The predicted molar refractivity (Wildman–Crippen MR) is 111 cm³/mol. The van der Waals surface area contributed by atoms with Gasteiger partial charge in [-0.15, -0.1) is 0 Å². The number of aromatic nitrogens is 1. The Morgan fingerprint density at radius 2 is 1.71 bits per heavy atom. The van der Waals surface area contributed by atoms with Crippen LogP contribution in [0.25, 0.3) is 0 Å². The highest BCUT2D eigenvalue weighted by Gasteiger charge is 2.28. The maximum absolute atomic E-state index is 13.0. The molecule has 2 aliphatic heterocycles. The lowest BCUT2D eigenvalue weighted by atomic mass is 9.99. The zero-order valence-corrected chi connectivity index (χ0v) is 16.0. The van der Waals surface area contributed by atoms with Gasteiger partial charge in [-0.3, -0.25) is 4.79 Å². The van der Waals surface area contributed by atoms with Crippen LogP contribution in [0.1, 0.15) is 34.0 Å².